The summed E-state index contributed by atoms with van der Waals surface area (Å²) in [6.45, 7) is 4.06. The van der Waals surface area contributed by atoms with Crippen LogP contribution in [0.2, 0.25) is 0 Å². The molecule has 3 nitrogen and oxygen atoms in total. The Bertz CT molecular complexity index is 683. The van der Waals surface area contributed by atoms with Crippen LogP contribution in [0.3, 0.4) is 0 Å². The summed E-state index contributed by atoms with van der Waals surface area (Å²) in [6.07, 6.45) is 3.90. The Hall–Kier alpha value is -2.16. The molecule has 0 aliphatic carbocycles. The van der Waals surface area contributed by atoms with Crippen LogP contribution in [0.15, 0.2) is 42.7 Å². The number of aryl methyl sites for hydroxylation is 2. The fourth-order valence-electron chi connectivity index (χ4n) is 1.97. The van der Waals surface area contributed by atoms with E-state index in [9.17, 15) is 0 Å². The van der Waals surface area contributed by atoms with Gasteiger partial charge in [-0.25, -0.2) is 4.52 Å². The molecule has 0 atom stereocenters. The molecule has 0 amide bonds. The summed E-state index contributed by atoms with van der Waals surface area (Å²) in [4.78, 5) is 4.52. The summed E-state index contributed by atoms with van der Waals surface area (Å²) in [5, 5.41) is 4.32. The summed E-state index contributed by atoms with van der Waals surface area (Å²) in [5.41, 5.74) is 5.43. The Morgan fingerprint density at radius 2 is 1.94 bits per heavy atom. The highest BCUT2D eigenvalue weighted by Crippen LogP contribution is 2.19. The quantitative estimate of drug-likeness (QED) is 0.634. The number of rotatable bonds is 1. The van der Waals surface area contributed by atoms with Gasteiger partial charge in [0.25, 0.3) is 0 Å². The second-order valence-corrected chi connectivity index (χ2v) is 4.24. The fourth-order valence-corrected chi connectivity index (χ4v) is 1.97. The number of pyridine rings is 2. The van der Waals surface area contributed by atoms with Crippen LogP contribution in [-0.2, 0) is 0 Å². The molecule has 0 radical (unpaired) electrons. The molecule has 0 N–H and O–H groups in total. The molecule has 17 heavy (non-hydrogen) atoms. The Morgan fingerprint density at radius 1 is 1.06 bits per heavy atom. The summed E-state index contributed by atoms with van der Waals surface area (Å²) in [6, 6.07) is 10.2. The average molecular weight is 223 g/mol. The van der Waals surface area contributed by atoms with Crippen molar-refractivity contribution in [2.24, 2.45) is 0 Å². The predicted octanol–water partition coefficient (Wildman–Crippen LogP) is 3.01. The molecule has 3 aromatic rings. The van der Waals surface area contributed by atoms with Crippen LogP contribution in [0.5, 0.6) is 0 Å². The Kier molecular flexibility index (Phi) is 2.18. The lowest BCUT2D eigenvalue weighted by Crippen LogP contribution is -1.91. The van der Waals surface area contributed by atoms with Gasteiger partial charge in [0, 0.05) is 17.5 Å². The fraction of sp³-hybridized carbons (Fsp3) is 0.143. The predicted molar refractivity (Wildman–Crippen MR) is 67.9 cm³/mol. The van der Waals surface area contributed by atoms with Crippen LogP contribution in [0, 0.1) is 13.8 Å². The van der Waals surface area contributed by atoms with E-state index < -0.39 is 0 Å². The van der Waals surface area contributed by atoms with Crippen LogP contribution in [0.1, 0.15) is 11.3 Å². The number of hydrogen-bond acceptors (Lipinski definition) is 2. The molecule has 0 saturated carbocycles. The molecule has 0 unspecified atom stereocenters. The average Bonchev–Trinajstić information content (AvgIpc) is 2.71. The van der Waals surface area contributed by atoms with Crippen LogP contribution >= 0.6 is 0 Å². The first kappa shape index (κ1) is 10.0. The van der Waals surface area contributed by atoms with Crippen molar-refractivity contribution < 1.29 is 0 Å². The third-order valence-corrected chi connectivity index (χ3v) is 2.89. The van der Waals surface area contributed by atoms with E-state index in [1.807, 2.05) is 42.0 Å². The molecule has 0 fully saturated rings. The van der Waals surface area contributed by atoms with Crippen molar-refractivity contribution in [2.45, 2.75) is 13.8 Å². The van der Waals surface area contributed by atoms with E-state index in [2.05, 4.69) is 29.1 Å². The van der Waals surface area contributed by atoms with Gasteiger partial charge in [-0.1, -0.05) is 6.07 Å². The minimum atomic E-state index is 0.986. The number of nitrogens with zero attached hydrogens (tertiary/aromatic N) is 3. The third-order valence-electron chi connectivity index (χ3n) is 2.89. The maximum absolute atomic E-state index is 4.52. The third kappa shape index (κ3) is 1.69. The van der Waals surface area contributed by atoms with E-state index >= 15 is 0 Å². The highest BCUT2D eigenvalue weighted by Gasteiger charge is 2.03. The summed E-state index contributed by atoms with van der Waals surface area (Å²) in [5.74, 6) is 0. The molecule has 0 saturated heterocycles. The first-order valence-electron chi connectivity index (χ1n) is 5.62. The topological polar surface area (TPSA) is 30.2 Å². The van der Waals surface area contributed by atoms with Gasteiger partial charge in [-0.05, 0) is 43.7 Å². The zero-order valence-corrected chi connectivity index (χ0v) is 9.88. The van der Waals surface area contributed by atoms with E-state index in [-0.39, 0.29) is 0 Å². The molecular weight excluding hydrogens is 210 g/mol. The highest BCUT2D eigenvalue weighted by atomic mass is 15.2. The van der Waals surface area contributed by atoms with Crippen molar-refractivity contribution in [2.75, 3.05) is 0 Å². The molecule has 0 spiro atoms. The minimum Gasteiger partial charge on any atom is -0.253 e. The van der Waals surface area contributed by atoms with Gasteiger partial charge in [-0.2, -0.15) is 5.10 Å². The second kappa shape index (κ2) is 3.70. The molecule has 3 aromatic heterocycles. The normalized spacial score (nSPS) is 10.9. The molecule has 3 heteroatoms. The van der Waals surface area contributed by atoms with Crippen molar-refractivity contribution in [1.82, 2.24) is 14.6 Å². The van der Waals surface area contributed by atoms with Crippen molar-refractivity contribution in [3.05, 3.63) is 54.0 Å². The number of fused-ring (bicyclic) bond motifs is 1. The highest BCUT2D eigenvalue weighted by molar-refractivity contribution is 5.63. The SMILES string of the molecule is Cc1cccc(-c2ccc3c(C)cnn3c2)n1. The van der Waals surface area contributed by atoms with E-state index in [0.29, 0.717) is 0 Å². The van der Waals surface area contributed by atoms with Gasteiger partial charge in [0.15, 0.2) is 0 Å². The Labute approximate surface area is 99.7 Å². The molecule has 0 aliphatic rings. The Morgan fingerprint density at radius 3 is 2.76 bits per heavy atom. The Balaban J connectivity index is 2.18. The first-order chi connectivity index (χ1) is 8.24. The molecule has 84 valence electrons. The van der Waals surface area contributed by atoms with Gasteiger partial charge in [0.2, 0.25) is 0 Å². The molecule has 3 heterocycles. The summed E-state index contributed by atoms with van der Waals surface area (Å²) < 4.78 is 1.90. The maximum atomic E-state index is 4.52. The smallest absolute Gasteiger partial charge is 0.0720 e. The molecule has 0 aromatic carbocycles. The molecular formula is C14H13N3. The van der Waals surface area contributed by atoms with Crippen LogP contribution < -0.4 is 0 Å². The van der Waals surface area contributed by atoms with E-state index in [4.69, 9.17) is 0 Å². The van der Waals surface area contributed by atoms with Crippen molar-refractivity contribution in [1.29, 1.82) is 0 Å². The molecule has 0 aliphatic heterocycles. The van der Waals surface area contributed by atoms with Crippen LogP contribution in [0.25, 0.3) is 16.8 Å². The maximum Gasteiger partial charge on any atom is 0.0720 e. The molecule has 3 rings (SSSR count). The van der Waals surface area contributed by atoms with Gasteiger partial charge in [-0.3, -0.25) is 4.98 Å². The van der Waals surface area contributed by atoms with Gasteiger partial charge in [0.05, 0.1) is 17.4 Å². The number of hydrogen-bond donors (Lipinski definition) is 0. The van der Waals surface area contributed by atoms with Crippen molar-refractivity contribution >= 4 is 5.52 Å². The van der Waals surface area contributed by atoms with Gasteiger partial charge < -0.3 is 0 Å². The largest absolute Gasteiger partial charge is 0.253 e. The lowest BCUT2D eigenvalue weighted by molar-refractivity contribution is 0.961. The molecule has 0 bridgehead atoms. The zero-order chi connectivity index (χ0) is 11.8. The standard InChI is InChI=1S/C14H13N3/c1-10-8-15-17-9-12(6-7-14(10)17)13-5-3-4-11(2)16-13/h3-9H,1-2H3. The minimum absolute atomic E-state index is 0.986. The van der Waals surface area contributed by atoms with Crippen molar-refractivity contribution in [3.63, 3.8) is 0 Å². The van der Waals surface area contributed by atoms with Gasteiger partial charge in [-0.15, -0.1) is 0 Å². The van der Waals surface area contributed by atoms with Gasteiger partial charge >= 0.3 is 0 Å². The lowest BCUT2D eigenvalue weighted by Gasteiger charge is -2.03. The number of aromatic nitrogens is 3. The first-order valence-corrected chi connectivity index (χ1v) is 5.62. The lowest BCUT2D eigenvalue weighted by atomic mass is 10.1. The van der Waals surface area contributed by atoms with E-state index in [1.54, 1.807) is 0 Å². The zero-order valence-electron chi connectivity index (χ0n) is 9.88. The van der Waals surface area contributed by atoms with E-state index in [0.717, 1.165) is 22.5 Å². The van der Waals surface area contributed by atoms with E-state index in [1.165, 1.54) is 5.56 Å². The van der Waals surface area contributed by atoms with Gasteiger partial charge in [0.1, 0.15) is 0 Å². The summed E-state index contributed by atoms with van der Waals surface area (Å²) in [7, 11) is 0. The summed E-state index contributed by atoms with van der Waals surface area (Å²) >= 11 is 0. The van der Waals surface area contributed by atoms with Crippen LogP contribution in [0.4, 0.5) is 0 Å². The van der Waals surface area contributed by atoms with Crippen molar-refractivity contribution in [3.8, 4) is 11.3 Å². The van der Waals surface area contributed by atoms with Crippen LogP contribution in [-0.4, -0.2) is 14.6 Å². The monoisotopic (exact) mass is 223 g/mol. The second-order valence-electron chi connectivity index (χ2n) is 4.24.